The van der Waals surface area contributed by atoms with E-state index in [2.05, 4.69) is 26.6 Å². The molecule has 0 aromatic heterocycles. The monoisotopic (exact) mass is 431 g/mol. The Kier molecular flexibility index (Phi) is 7.55. The minimum atomic E-state index is -0.876. The third kappa shape index (κ3) is 6.86. The molecule has 0 aliphatic heterocycles. The van der Waals surface area contributed by atoms with E-state index in [4.69, 9.17) is 5.73 Å². The Labute approximate surface area is 166 Å². The number of rotatable bonds is 8. The summed E-state index contributed by atoms with van der Waals surface area (Å²) in [6, 6.07) is 15.1. The van der Waals surface area contributed by atoms with E-state index in [1.807, 2.05) is 54.6 Å². The highest BCUT2D eigenvalue weighted by Crippen LogP contribution is 2.13. The molecule has 0 fully saturated rings. The molecular weight excluding hydrogens is 410 g/mol. The maximum atomic E-state index is 12.7. The van der Waals surface area contributed by atoms with Gasteiger partial charge in [0.25, 0.3) is 0 Å². The first-order valence-electron chi connectivity index (χ1n) is 8.50. The molecule has 0 aliphatic rings. The summed E-state index contributed by atoms with van der Waals surface area (Å²) in [5.41, 5.74) is 7.22. The van der Waals surface area contributed by atoms with Crippen molar-refractivity contribution in [3.05, 3.63) is 70.2 Å². The van der Waals surface area contributed by atoms with Crippen molar-refractivity contribution < 1.29 is 14.4 Å². The van der Waals surface area contributed by atoms with Gasteiger partial charge >= 0.3 is 0 Å². The first kappa shape index (κ1) is 20.6. The Balaban J connectivity index is 2.11. The molecule has 2 rings (SSSR count). The van der Waals surface area contributed by atoms with Gasteiger partial charge in [0.2, 0.25) is 17.7 Å². The van der Waals surface area contributed by atoms with Crippen LogP contribution in [0, 0.1) is 0 Å². The van der Waals surface area contributed by atoms with Crippen LogP contribution in [0.5, 0.6) is 0 Å². The van der Waals surface area contributed by atoms with E-state index in [1.54, 1.807) is 0 Å². The lowest BCUT2D eigenvalue weighted by Gasteiger charge is -2.22. The van der Waals surface area contributed by atoms with E-state index < -0.39 is 23.9 Å². The molecule has 7 heteroatoms. The highest BCUT2D eigenvalue weighted by atomic mass is 79.9. The van der Waals surface area contributed by atoms with Gasteiger partial charge in [-0.25, -0.2) is 0 Å². The van der Waals surface area contributed by atoms with E-state index in [0.717, 1.165) is 15.6 Å². The fourth-order valence-electron chi connectivity index (χ4n) is 2.70. The van der Waals surface area contributed by atoms with Crippen LogP contribution in [0.15, 0.2) is 59.1 Å². The molecule has 0 aliphatic carbocycles. The van der Waals surface area contributed by atoms with Crippen LogP contribution in [0.3, 0.4) is 0 Å². The van der Waals surface area contributed by atoms with Crippen LogP contribution in [0.2, 0.25) is 0 Å². The molecule has 142 valence electrons. The van der Waals surface area contributed by atoms with E-state index in [1.165, 1.54) is 6.92 Å². The zero-order valence-electron chi connectivity index (χ0n) is 14.9. The van der Waals surface area contributed by atoms with Crippen LogP contribution in [-0.4, -0.2) is 29.8 Å². The van der Waals surface area contributed by atoms with Crippen LogP contribution >= 0.6 is 15.9 Å². The zero-order chi connectivity index (χ0) is 19.8. The number of carbonyl (C=O) groups is 3. The molecule has 2 aromatic rings. The molecule has 6 nitrogen and oxygen atoms in total. The lowest BCUT2D eigenvalue weighted by molar-refractivity contribution is -0.130. The quantitative estimate of drug-likeness (QED) is 0.592. The predicted molar refractivity (Wildman–Crippen MR) is 107 cm³/mol. The molecule has 0 spiro atoms. The second-order valence-corrected chi connectivity index (χ2v) is 7.16. The normalized spacial score (nSPS) is 12.7. The molecule has 27 heavy (non-hydrogen) atoms. The van der Waals surface area contributed by atoms with Crippen molar-refractivity contribution in [1.29, 1.82) is 0 Å². The lowest BCUT2D eigenvalue weighted by atomic mass is 10.0. The molecular formula is C20H22BrN3O3. The smallest absolute Gasteiger partial charge is 0.243 e. The third-order valence-electron chi connectivity index (χ3n) is 3.97. The number of hydrogen-bond donors (Lipinski definition) is 3. The molecule has 0 saturated carbocycles. The summed E-state index contributed by atoms with van der Waals surface area (Å²) in [6.45, 7) is 1.35. The number of amides is 3. The summed E-state index contributed by atoms with van der Waals surface area (Å²) < 4.78 is 0.870. The van der Waals surface area contributed by atoms with Crippen molar-refractivity contribution in [1.82, 2.24) is 10.6 Å². The summed E-state index contributed by atoms with van der Waals surface area (Å²) in [4.78, 5) is 36.1. The Morgan fingerprint density at radius 2 is 1.56 bits per heavy atom. The Bertz CT molecular complexity index is 811. The summed E-state index contributed by atoms with van der Waals surface area (Å²) in [5, 5.41) is 5.30. The number of primary amides is 1. The summed E-state index contributed by atoms with van der Waals surface area (Å²) >= 11 is 3.38. The second kappa shape index (κ2) is 9.87. The Morgan fingerprint density at radius 1 is 0.926 bits per heavy atom. The molecule has 0 bridgehead atoms. The molecule has 0 unspecified atom stereocenters. The van der Waals surface area contributed by atoms with Crippen LogP contribution in [0.4, 0.5) is 0 Å². The van der Waals surface area contributed by atoms with Crippen LogP contribution < -0.4 is 16.4 Å². The van der Waals surface area contributed by atoms with Crippen molar-refractivity contribution in [2.75, 3.05) is 0 Å². The van der Waals surface area contributed by atoms with Gasteiger partial charge < -0.3 is 16.4 Å². The molecule has 0 saturated heterocycles. The van der Waals surface area contributed by atoms with Gasteiger partial charge in [-0.05, 0) is 23.3 Å². The van der Waals surface area contributed by atoms with Gasteiger partial charge in [0.1, 0.15) is 12.1 Å². The summed E-state index contributed by atoms with van der Waals surface area (Å²) in [5.74, 6) is -1.41. The van der Waals surface area contributed by atoms with Gasteiger partial charge in [0, 0.05) is 24.2 Å². The Hall–Kier alpha value is -2.67. The molecule has 0 heterocycles. The minimum absolute atomic E-state index is 0.263. The van der Waals surface area contributed by atoms with Crippen molar-refractivity contribution in [3.8, 4) is 0 Å². The van der Waals surface area contributed by atoms with Gasteiger partial charge in [-0.1, -0.05) is 58.4 Å². The summed E-state index contributed by atoms with van der Waals surface area (Å²) in [7, 11) is 0. The fourth-order valence-corrected chi connectivity index (χ4v) is 3.15. The molecule has 4 N–H and O–H groups in total. The number of nitrogens with one attached hydrogen (secondary N) is 2. The second-order valence-electron chi connectivity index (χ2n) is 6.24. The van der Waals surface area contributed by atoms with Crippen molar-refractivity contribution in [2.45, 2.75) is 31.8 Å². The lowest BCUT2D eigenvalue weighted by Crippen LogP contribution is -2.54. The standard InChI is InChI=1S/C20H22BrN3O3/c1-13(25)23-18(11-14-6-3-2-4-7-14)20(27)24-17(19(22)26)12-15-8-5-9-16(21)10-15/h2-10,17-18H,11-12H2,1H3,(H2,22,26)(H,23,25)(H,24,27)/t17-,18+/m1/s1. The highest BCUT2D eigenvalue weighted by Gasteiger charge is 2.25. The highest BCUT2D eigenvalue weighted by molar-refractivity contribution is 9.10. The van der Waals surface area contributed by atoms with Crippen molar-refractivity contribution in [3.63, 3.8) is 0 Å². The number of carbonyl (C=O) groups excluding carboxylic acids is 3. The van der Waals surface area contributed by atoms with E-state index in [-0.39, 0.29) is 12.3 Å². The largest absolute Gasteiger partial charge is 0.368 e. The van der Waals surface area contributed by atoms with Crippen molar-refractivity contribution >= 4 is 33.7 Å². The maximum absolute atomic E-state index is 12.7. The zero-order valence-corrected chi connectivity index (χ0v) is 16.5. The fraction of sp³-hybridized carbons (Fsp3) is 0.250. The topological polar surface area (TPSA) is 101 Å². The number of halogens is 1. The number of hydrogen-bond acceptors (Lipinski definition) is 3. The molecule has 2 atom stereocenters. The van der Waals surface area contributed by atoms with Gasteiger partial charge in [-0.15, -0.1) is 0 Å². The Morgan fingerprint density at radius 3 is 2.15 bits per heavy atom. The van der Waals surface area contributed by atoms with E-state index in [9.17, 15) is 14.4 Å². The average molecular weight is 432 g/mol. The minimum Gasteiger partial charge on any atom is -0.368 e. The first-order chi connectivity index (χ1) is 12.8. The summed E-state index contributed by atoms with van der Waals surface area (Å²) in [6.07, 6.45) is 0.577. The SMILES string of the molecule is CC(=O)N[C@@H](Cc1ccccc1)C(=O)N[C@H](Cc1cccc(Br)c1)C(N)=O. The first-order valence-corrected chi connectivity index (χ1v) is 9.29. The van der Waals surface area contributed by atoms with Gasteiger partial charge in [-0.2, -0.15) is 0 Å². The van der Waals surface area contributed by atoms with Gasteiger partial charge in [0.05, 0.1) is 0 Å². The third-order valence-corrected chi connectivity index (χ3v) is 4.46. The number of benzene rings is 2. The maximum Gasteiger partial charge on any atom is 0.243 e. The van der Waals surface area contributed by atoms with Gasteiger partial charge in [0.15, 0.2) is 0 Å². The molecule has 2 aromatic carbocycles. The molecule has 3 amide bonds. The van der Waals surface area contributed by atoms with Gasteiger partial charge in [-0.3, -0.25) is 14.4 Å². The van der Waals surface area contributed by atoms with E-state index in [0.29, 0.717) is 6.42 Å². The van der Waals surface area contributed by atoms with E-state index >= 15 is 0 Å². The van der Waals surface area contributed by atoms with Crippen molar-refractivity contribution in [2.24, 2.45) is 5.73 Å². The van der Waals surface area contributed by atoms with Crippen LogP contribution in [-0.2, 0) is 27.2 Å². The predicted octanol–water partition coefficient (Wildman–Crippen LogP) is 1.71. The average Bonchev–Trinajstić information content (AvgIpc) is 2.61. The molecule has 0 radical (unpaired) electrons. The van der Waals surface area contributed by atoms with Crippen LogP contribution in [0.1, 0.15) is 18.1 Å². The van der Waals surface area contributed by atoms with Crippen LogP contribution in [0.25, 0.3) is 0 Å². The number of nitrogens with two attached hydrogens (primary N) is 1.